The zero-order chi connectivity index (χ0) is 31.8. The average Bonchev–Trinajstić information content (AvgIpc) is 3.53. The number of phenolic OH excluding ortho intramolecular Hbond substituents is 1. The summed E-state index contributed by atoms with van der Waals surface area (Å²) in [5.41, 5.74) is 15.5. The zero-order valence-electron chi connectivity index (χ0n) is 26.2. The number of hydrogen-bond donors (Lipinski definition) is 5. The maximum Gasteiger partial charge on any atom is 0.185 e. The first-order valence-electron chi connectivity index (χ1n) is 16.1. The fourth-order valence-electron chi connectivity index (χ4n) is 6.61. The summed E-state index contributed by atoms with van der Waals surface area (Å²) >= 11 is 0. The van der Waals surface area contributed by atoms with Gasteiger partial charge in [0.1, 0.15) is 12.5 Å². The number of carbonyl (C=O) groups is 1. The highest BCUT2D eigenvalue weighted by Gasteiger charge is 2.29. The van der Waals surface area contributed by atoms with Gasteiger partial charge < -0.3 is 35.9 Å². The first-order valence-corrected chi connectivity index (χ1v) is 16.1. The van der Waals surface area contributed by atoms with E-state index in [1.165, 1.54) is 20.0 Å². The molecule has 1 fully saturated rings. The fraction of sp³-hybridized carbons (Fsp3) is 0.543. The van der Waals surface area contributed by atoms with Crippen LogP contribution in [0.4, 0.5) is 0 Å². The molecule has 242 valence electrons. The van der Waals surface area contributed by atoms with Crippen LogP contribution in [0.15, 0.2) is 23.2 Å². The molecule has 10 heteroatoms. The molecule has 0 saturated heterocycles. The number of nitrogens with zero attached hydrogens (tertiary/aromatic N) is 1. The van der Waals surface area contributed by atoms with Gasteiger partial charge in [0.25, 0.3) is 0 Å². The third kappa shape index (κ3) is 8.41. The van der Waals surface area contributed by atoms with Crippen molar-refractivity contribution >= 4 is 11.7 Å². The molecule has 0 radical (unpaired) electrons. The van der Waals surface area contributed by atoms with E-state index in [2.05, 4.69) is 28.2 Å². The fourth-order valence-corrected chi connectivity index (χ4v) is 6.61. The Morgan fingerprint density at radius 1 is 1.09 bits per heavy atom. The van der Waals surface area contributed by atoms with Crippen molar-refractivity contribution in [3.8, 4) is 34.8 Å². The molecule has 2 aromatic carbocycles. The number of aliphatic imine (C=N–C) groups is 1. The molecule has 7 N–H and O–H groups in total. The molecule has 2 aliphatic carbocycles. The van der Waals surface area contributed by atoms with Crippen LogP contribution in [0.3, 0.4) is 0 Å². The molecule has 1 saturated carbocycles. The second kappa shape index (κ2) is 15.4. The first-order chi connectivity index (χ1) is 21.8. The van der Waals surface area contributed by atoms with Crippen LogP contribution in [0.25, 0.3) is 0 Å². The van der Waals surface area contributed by atoms with Gasteiger partial charge in [-0.2, -0.15) is 0 Å². The lowest BCUT2D eigenvalue weighted by Crippen LogP contribution is -2.31. The van der Waals surface area contributed by atoms with Gasteiger partial charge in [-0.3, -0.25) is 15.1 Å². The van der Waals surface area contributed by atoms with Crippen molar-refractivity contribution in [1.82, 2.24) is 5.32 Å². The SMILES string of the molecule is COc1c(O)ccc2c1C#CCc1cc(c3c(c1OCNC1CCCC1)OC[C@H](CCN=C(N)N)C3)CC[C@@H](O)CC(=O)CC2. The van der Waals surface area contributed by atoms with Crippen molar-refractivity contribution in [2.45, 2.75) is 89.2 Å². The summed E-state index contributed by atoms with van der Waals surface area (Å²) in [7, 11) is 1.50. The molecule has 45 heavy (non-hydrogen) atoms. The minimum absolute atomic E-state index is 0.00825. The molecular weight excluding hydrogens is 572 g/mol. The maximum absolute atomic E-state index is 12.9. The van der Waals surface area contributed by atoms with E-state index in [0.29, 0.717) is 62.9 Å². The number of ether oxygens (including phenoxy) is 3. The van der Waals surface area contributed by atoms with Gasteiger partial charge in [-0.15, -0.1) is 0 Å². The number of fused-ring (bicyclic) bond motifs is 5. The van der Waals surface area contributed by atoms with Crippen molar-refractivity contribution < 1.29 is 29.2 Å². The standard InChI is InChI=1S/C35H46N4O6/c1-43-33-29-8-4-5-25-18-24(10-13-28(41)19-27(40)12-9-23(29)11-14-31(33)42)30-17-22(15-16-38-35(36)37)20-44-34(30)32(25)45-21-39-26-6-2-3-7-26/h11,14,18,22,26,28,39,41-42H,2-3,5-7,9-10,12-13,15-17,19-21H2,1H3,(H4,36,37,38)/t22-,28-/m1/s1. The molecule has 1 heterocycles. The first kappa shape index (κ1) is 32.5. The molecule has 3 aliphatic rings. The predicted molar refractivity (Wildman–Crippen MR) is 173 cm³/mol. The number of hydrogen-bond acceptors (Lipinski definition) is 8. The number of guanidine groups is 1. The molecule has 2 atom stereocenters. The Bertz CT molecular complexity index is 1450. The summed E-state index contributed by atoms with van der Waals surface area (Å²) in [6.45, 7) is 1.39. The number of ketones is 1. The summed E-state index contributed by atoms with van der Waals surface area (Å²) in [6, 6.07) is 5.91. The van der Waals surface area contributed by atoms with Gasteiger partial charge in [0, 0.05) is 43.0 Å². The van der Waals surface area contributed by atoms with E-state index >= 15 is 0 Å². The molecule has 2 aromatic rings. The van der Waals surface area contributed by atoms with Crippen LogP contribution in [0, 0.1) is 17.8 Å². The van der Waals surface area contributed by atoms with Gasteiger partial charge in [0.05, 0.1) is 25.4 Å². The van der Waals surface area contributed by atoms with Crippen LogP contribution in [0.2, 0.25) is 0 Å². The number of nitrogens with one attached hydrogen (secondary N) is 1. The molecule has 10 nitrogen and oxygen atoms in total. The van der Waals surface area contributed by atoms with Crippen molar-refractivity contribution in [3.05, 3.63) is 46.0 Å². The predicted octanol–water partition coefficient (Wildman–Crippen LogP) is 3.28. The Kier molecular flexibility index (Phi) is 11.1. The number of Topliss-reactive ketones (excluding diaryl/α,β-unsaturated/α-hetero) is 1. The van der Waals surface area contributed by atoms with Crippen molar-refractivity contribution in [3.63, 3.8) is 0 Å². The Labute approximate surface area is 265 Å². The van der Waals surface area contributed by atoms with E-state index in [0.717, 1.165) is 53.7 Å². The third-order valence-corrected chi connectivity index (χ3v) is 9.04. The lowest BCUT2D eigenvalue weighted by Gasteiger charge is -2.30. The monoisotopic (exact) mass is 618 g/mol. The number of carbonyl (C=O) groups excluding carboxylic acids is 1. The number of nitrogens with two attached hydrogens (primary N) is 2. The molecular formula is C35H46N4O6. The summed E-state index contributed by atoms with van der Waals surface area (Å²) in [5.74, 6) is 8.48. The summed E-state index contributed by atoms with van der Waals surface area (Å²) < 4.78 is 18.4. The summed E-state index contributed by atoms with van der Waals surface area (Å²) in [6.07, 6.45) is 7.70. The molecule has 5 rings (SSSR count). The number of aryl methyl sites for hydroxylation is 2. The van der Waals surface area contributed by atoms with Crippen LogP contribution >= 0.6 is 0 Å². The maximum atomic E-state index is 12.9. The Morgan fingerprint density at radius 3 is 2.69 bits per heavy atom. The topological polar surface area (TPSA) is 162 Å². The largest absolute Gasteiger partial charge is 0.504 e. The van der Waals surface area contributed by atoms with Gasteiger partial charge in [0.15, 0.2) is 29.0 Å². The number of benzene rings is 2. The number of phenols is 1. The number of methoxy groups -OCH3 is 1. The second-order valence-corrected chi connectivity index (χ2v) is 12.3. The highest BCUT2D eigenvalue weighted by Crippen LogP contribution is 2.43. The zero-order valence-corrected chi connectivity index (χ0v) is 26.2. The second-order valence-electron chi connectivity index (χ2n) is 12.3. The highest BCUT2D eigenvalue weighted by molar-refractivity contribution is 5.79. The van der Waals surface area contributed by atoms with Gasteiger partial charge in [-0.25, -0.2) is 0 Å². The van der Waals surface area contributed by atoms with Gasteiger partial charge in [-0.05, 0) is 68.1 Å². The van der Waals surface area contributed by atoms with E-state index in [-0.39, 0.29) is 42.0 Å². The molecule has 0 aromatic heterocycles. The van der Waals surface area contributed by atoms with Crippen LogP contribution in [-0.2, 0) is 30.5 Å². The van der Waals surface area contributed by atoms with E-state index < -0.39 is 6.10 Å². The van der Waals surface area contributed by atoms with Gasteiger partial charge in [0.2, 0.25) is 0 Å². The van der Waals surface area contributed by atoms with Crippen molar-refractivity contribution in [2.75, 3.05) is 27.0 Å². The minimum Gasteiger partial charge on any atom is -0.504 e. The lowest BCUT2D eigenvalue weighted by atomic mass is 9.86. The van der Waals surface area contributed by atoms with Gasteiger partial charge in [-0.1, -0.05) is 36.8 Å². The summed E-state index contributed by atoms with van der Waals surface area (Å²) in [5, 5.41) is 24.9. The minimum atomic E-state index is -0.763. The third-order valence-electron chi connectivity index (χ3n) is 9.04. The van der Waals surface area contributed by atoms with Crippen LogP contribution < -0.4 is 31.0 Å². The average molecular weight is 619 g/mol. The Balaban J connectivity index is 1.53. The van der Waals surface area contributed by atoms with Gasteiger partial charge >= 0.3 is 0 Å². The molecule has 0 unspecified atom stereocenters. The molecule has 0 amide bonds. The Hall–Kier alpha value is -3.94. The Morgan fingerprint density at radius 2 is 1.91 bits per heavy atom. The van der Waals surface area contributed by atoms with Crippen LogP contribution in [0.1, 0.15) is 79.2 Å². The number of aromatic hydroxyl groups is 1. The molecule has 1 aliphatic heterocycles. The van der Waals surface area contributed by atoms with E-state index in [1.807, 2.05) is 0 Å². The van der Waals surface area contributed by atoms with Crippen LogP contribution in [0.5, 0.6) is 23.0 Å². The highest BCUT2D eigenvalue weighted by atomic mass is 16.5. The van der Waals surface area contributed by atoms with Crippen molar-refractivity contribution in [2.24, 2.45) is 22.4 Å². The van der Waals surface area contributed by atoms with E-state index in [9.17, 15) is 15.0 Å². The van der Waals surface area contributed by atoms with Crippen LogP contribution in [-0.4, -0.2) is 61.1 Å². The van der Waals surface area contributed by atoms with E-state index in [4.69, 9.17) is 25.7 Å². The normalized spacial score (nSPS) is 20.4. The quantitative estimate of drug-likeness (QED) is 0.129. The molecule has 0 spiro atoms. The smallest absolute Gasteiger partial charge is 0.185 e. The number of aliphatic hydroxyl groups is 1. The van der Waals surface area contributed by atoms with Crippen molar-refractivity contribution in [1.29, 1.82) is 0 Å². The lowest BCUT2D eigenvalue weighted by molar-refractivity contribution is -0.121. The number of aliphatic hydroxyl groups excluding tert-OH is 1. The van der Waals surface area contributed by atoms with E-state index in [1.54, 1.807) is 12.1 Å². The summed E-state index contributed by atoms with van der Waals surface area (Å²) in [4.78, 5) is 17.0. The number of rotatable bonds is 8. The molecule has 2 bridgehead atoms.